The van der Waals surface area contributed by atoms with Crippen molar-refractivity contribution in [1.29, 1.82) is 0 Å². The van der Waals surface area contributed by atoms with Crippen LogP contribution in [0, 0.1) is 11.8 Å². The van der Waals surface area contributed by atoms with Gasteiger partial charge in [0.25, 0.3) is 5.91 Å². The number of rotatable bonds is 6. The summed E-state index contributed by atoms with van der Waals surface area (Å²) in [5.74, 6) is 0.801. The second kappa shape index (κ2) is 8.69. The Balaban J connectivity index is 0.00000243. The smallest absolute Gasteiger partial charge is 0.253 e. The lowest BCUT2D eigenvalue weighted by Gasteiger charge is -2.33. The highest BCUT2D eigenvalue weighted by atomic mass is 35.5. The van der Waals surface area contributed by atoms with Crippen LogP contribution < -0.4 is 10.5 Å². The van der Waals surface area contributed by atoms with Crippen molar-refractivity contribution in [3.05, 3.63) is 29.8 Å². The standard InChI is InChI=1S/C18H27N3O3S.ClH/c1-13(19)15-7-9-21(10-8-15)18(22)16-3-2-4-17(11-16)25(23,24)20-12-14-5-6-14;/h2-4,11,13-15,20H,5-10,12,19H2,1H3;1H. The van der Waals surface area contributed by atoms with Crippen LogP contribution in [-0.4, -0.2) is 44.9 Å². The van der Waals surface area contributed by atoms with E-state index >= 15 is 0 Å². The molecule has 8 heteroatoms. The number of carbonyl (C=O) groups excluding carboxylic acids is 1. The molecule has 1 unspecified atom stereocenters. The van der Waals surface area contributed by atoms with Crippen molar-refractivity contribution < 1.29 is 13.2 Å². The van der Waals surface area contributed by atoms with E-state index in [1.165, 1.54) is 12.1 Å². The third-order valence-corrected chi connectivity index (χ3v) is 6.64. The molecule has 6 nitrogen and oxygen atoms in total. The first-order valence-electron chi connectivity index (χ1n) is 9.01. The molecule has 2 fully saturated rings. The molecule has 3 rings (SSSR count). The molecule has 0 spiro atoms. The zero-order valence-corrected chi connectivity index (χ0v) is 16.7. The van der Waals surface area contributed by atoms with Gasteiger partial charge in [-0.1, -0.05) is 6.07 Å². The van der Waals surface area contributed by atoms with E-state index in [2.05, 4.69) is 4.72 Å². The molecule has 1 heterocycles. The Morgan fingerprint density at radius 1 is 1.27 bits per heavy atom. The van der Waals surface area contributed by atoms with Gasteiger partial charge in [0.1, 0.15) is 0 Å². The summed E-state index contributed by atoms with van der Waals surface area (Å²) in [5.41, 5.74) is 6.37. The number of nitrogens with one attached hydrogen (secondary N) is 1. The second-order valence-corrected chi connectivity index (χ2v) is 9.08. The monoisotopic (exact) mass is 401 g/mol. The highest BCUT2D eigenvalue weighted by molar-refractivity contribution is 7.89. The van der Waals surface area contributed by atoms with Crippen LogP contribution >= 0.6 is 12.4 Å². The van der Waals surface area contributed by atoms with E-state index in [1.807, 2.05) is 6.92 Å². The number of hydrogen-bond acceptors (Lipinski definition) is 4. The number of nitrogens with zero attached hydrogens (tertiary/aromatic N) is 1. The molecule has 3 N–H and O–H groups in total. The van der Waals surface area contributed by atoms with Gasteiger partial charge in [-0.15, -0.1) is 12.4 Å². The summed E-state index contributed by atoms with van der Waals surface area (Å²) in [7, 11) is -3.56. The minimum atomic E-state index is -3.56. The Morgan fingerprint density at radius 3 is 2.50 bits per heavy atom. The Bertz CT molecular complexity index is 727. The van der Waals surface area contributed by atoms with Crippen molar-refractivity contribution >= 4 is 28.3 Å². The SMILES string of the molecule is CC(N)C1CCN(C(=O)c2cccc(S(=O)(=O)NCC3CC3)c2)CC1.Cl. The maximum absolute atomic E-state index is 12.7. The second-order valence-electron chi connectivity index (χ2n) is 7.31. The minimum Gasteiger partial charge on any atom is -0.339 e. The van der Waals surface area contributed by atoms with Crippen molar-refractivity contribution in [2.75, 3.05) is 19.6 Å². The van der Waals surface area contributed by atoms with Gasteiger partial charge in [0.05, 0.1) is 4.90 Å². The molecule has 2 aliphatic rings. The summed E-state index contributed by atoms with van der Waals surface area (Å²) in [6.45, 7) is 3.82. The highest BCUT2D eigenvalue weighted by Gasteiger charge is 2.27. The van der Waals surface area contributed by atoms with Gasteiger partial charge in [0.2, 0.25) is 10.0 Å². The number of halogens is 1. The maximum Gasteiger partial charge on any atom is 0.253 e. The number of benzene rings is 1. The zero-order chi connectivity index (χ0) is 18.0. The summed E-state index contributed by atoms with van der Waals surface area (Å²) in [5, 5.41) is 0. The van der Waals surface area contributed by atoms with Gasteiger partial charge in [0.15, 0.2) is 0 Å². The molecular formula is C18H28ClN3O3S. The summed E-state index contributed by atoms with van der Waals surface area (Å²) in [4.78, 5) is 14.7. The minimum absolute atomic E-state index is 0. The van der Waals surface area contributed by atoms with E-state index < -0.39 is 10.0 Å². The summed E-state index contributed by atoms with van der Waals surface area (Å²) in [6, 6.07) is 6.47. The third-order valence-electron chi connectivity index (χ3n) is 5.22. The number of sulfonamides is 1. The fraction of sp³-hybridized carbons (Fsp3) is 0.611. The van der Waals surface area contributed by atoms with Gasteiger partial charge in [-0.2, -0.15) is 0 Å². The van der Waals surface area contributed by atoms with Crippen molar-refractivity contribution in [3.8, 4) is 0 Å². The predicted molar refractivity (Wildman–Crippen MR) is 104 cm³/mol. The van der Waals surface area contributed by atoms with E-state index in [0.717, 1.165) is 25.7 Å². The van der Waals surface area contributed by atoms with Gasteiger partial charge in [0, 0.05) is 31.2 Å². The van der Waals surface area contributed by atoms with Crippen LogP contribution in [0.15, 0.2) is 29.2 Å². The molecule has 146 valence electrons. The van der Waals surface area contributed by atoms with Gasteiger partial charge in [-0.05, 0) is 62.6 Å². The molecule has 1 saturated heterocycles. The van der Waals surface area contributed by atoms with E-state index in [4.69, 9.17) is 5.73 Å². The molecule has 1 amide bonds. The molecule has 1 aliphatic heterocycles. The first-order chi connectivity index (χ1) is 11.9. The molecule has 1 saturated carbocycles. The highest BCUT2D eigenvalue weighted by Crippen LogP contribution is 2.28. The fourth-order valence-electron chi connectivity index (χ4n) is 3.24. The normalized spacial score (nSPS) is 19.7. The largest absolute Gasteiger partial charge is 0.339 e. The lowest BCUT2D eigenvalue weighted by atomic mass is 9.90. The third kappa shape index (κ3) is 5.19. The van der Waals surface area contributed by atoms with Crippen LogP contribution in [0.5, 0.6) is 0 Å². The van der Waals surface area contributed by atoms with E-state index in [-0.39, 0.29) is 29.3 Å². The average molecular weight is 402 g/mol. The molecule has 1 aliphatic carbocycles. The molecule has 1 atom stereocenters. The van der Waals surface area contributed by atoms with E-state index in [0.29, 0.717) is 37.0 Å². The van der Waals surface area contributed by atoms with Crippen LogP contribution in [0.2, 0.25) is 0 Å². The van der Waals surface area contributed by atoms with Gasteiger partial charge in [-0.25, -0.2) is 13.1 Å². The van der Waals surface area contributed by atoms with Crippen LogP contribution in [0.3, 0.4) is 0 Å². The first-order valence-corrected chi connectivity index (χ1v) is 10.5. The Morgan fingerprint density at radius 2 is 1.92 bits per heavy atom. The van der Waals surface area contributed by atoms with Gasteiger partial charge in [-0.3, -0.25) is 4.79 Å². The fourth-order valence-corrected chi connectivity index (χ4v) is 4.40. The van der Waals surface area contributed by atoms with Crippen molar-refractivity contribution in [3.63, 3.8) is 0 Å². The van der Waals surface area contributed by atoms with Crippen molar-refractivity contribution in [1.82, 2.24) is 9.62 Å². The van der Waals surface area contributed by atoms with E-state index in [9.17, 15) is 13.2 Å². The van der Waals surface area contributed by atoms with Crippen LogP contribution in [-0.2, 0) is 10.0 Å². The maximum atomic E-state index is 12.7. The molecule has 0 radical (unpaired) electrons. The molecule has 1 aromatic rings. The molecule has 0 bridgehead atoms. The Hall–Kier alpha value is -1.15. The number of hydrogen-bond donors (Lipinski definition) is 2. The Kier molecular flexibility index (Phi) is 7.07. The lowest BCUT2D eigenvalue weighted by molar-refractivity contribution is 0.0680. The lowest BCUT2D eigenvalue weighted by Crippen LogP contribution is -2.42. The van der Waals surface area contributed by atoms with Crippen LogP contribution in [0.1, 0.15) is 43.0 Å². The average Bonchev–Trinajstić information content (AvgIpc) is 3.44. The Labute approximate surface area is 162 Å². The summed E-state index contributed by atoms with van der Waals surface area (Å²) in [6.07, 6.45) is 3.95. The van der Waals surface area contributed by atoms with Crippen molar-refractivity contribution in [2.45, 2.75) is 43.5 Å². The molecular weight excluding hydrogens is 374 g/mol. The molecule has 0 aromatic heterocycles. The number of carbonyl (C=O) groups is 1. The first kappa shape index (κ1) is 21.2. The number of nitrogens with two attached hydrogens (primary N) is 1. The predicted octanol–water partition coefficient (Wildman–Crippen LogP) is 2.00. The number of amides is 1. The van der Waals surface area contributed by atoms with Gasteiger partial charge < -0.3 is 10.6 Å². The zero-order valence-electron chi connectivity index (χ0n) is 15.1. The summed E-state index contributed by atoms with van der Waals surface area (Å²) >= 11 is 0. The molecule has 1 aromatic carbocycles. The van der Waals surface area contributed by atoms with Gasteiger partial charge >= 0.3 is 0 Å². The topological polar surface area (TPSA) is 92.5 Å². The van der Waals surface area contributed by atoms with Crippen molar-refractivity contribution in [2.24, 2.45) is 17.6 Å². The quantitative estimate of drug-likeness (QED) is 0.762. The number of piperidine rings is 1. The molecule has 26 heavy (non-hydrogen) atoms. The van der Waals surface area contributed by atoms with Crippen LogP contribution in [0.25, 0.3) is 0 Å². The summed E-state index contributed by atoms with van der Waals surface area (Å²) < 4.78 is 27.4. The van der Waals surface area contributed by atoms with E-state index in [1.54, 1.807) is 17.0 Å². The van der Waals surface area contributed by atoms with Crippen LogP contribution in [0.4, 0.5) is 0 Å². The number of likely N-dealkylation sites (tertiary alicyclic amines) is 1.